The number of rotatable bonds is 3. The van der Waals surface area contributed by atoms with Gasteiger partial charge in [0.05, 0.1) is 11.3 Å². The Labute approximate surface area is 121 Å². The van der Waals surface area contributed by atoms with Gasteiger partial charge in [-0.3, -0.25) is 4.68 Å². The molecule has 106 valence electrons. The fourth-order valence-electron chi connectivity index (χ4n) is 1.82. The predicted octanol–water partition coefficient (Wildman–Crippen LogP) is 1.90. The maximum Gasteiger partial charge on any atom is 0.340 e. The molecule has 0 radical (unpaired) electrons. The summed E-state index contributed by atoms with van der Waals surface area (Å²) in [6.45, 7) is 1.84. The van der Waals surface area contributed by atoms with E-state index in [2.05, 4.69) is 5.10 Å². The summed E-state index contributed by atoms with van der Waals surface area (Å²) in [5.41, 5.74) is 13.7. The maximum absolute atomic E-state index is 12.0. The molecule has 0 unspecified atom stereocenters. The third-order valence-electron chi connectivity index (χ3n) is 2.91. The van der Waals surface area contributed by atoms with E-state index in [0.29, 0.717) is 16.4 Å². The first-order chi connectivity index (χ1) is 9.40. The van der Waals surface area contributed by atoms with Gasteiger partial charge in [0.25, 0.3) is 0 Å². The zero-order valence-corrected chi connectivity index (χ0v) is 11.9. The third-order valence-corrected chi connectivity index (χ3v) is 3.39. The molecule has 0 spiro atoms. The highest BCUT2D eigenvalue weighted by atomic mass is 35.5. The summed E-state index contributed by atoms with van der Waals surface area (Å²) >= 11 is 6.06. The van der Waals surface area contributed by atoms with E-state index in [1.54, 1.807) is 20.0 Å². The number of ether oxygens (including phenoxy) is 1. The first kappa shape index (κ1) is 14.2. The van der Waals surface area contributed by atoms with Crippen molar-refractivity contribution in [3.8, 4) is 0 Å². The van der Waals surface area contributed by atoms with E-state index in [1.165, 1.54) is 16.8 Å². The summed E-state index contributed by atoms with van der Waals surface area (Å²) in [5.74, 6) is -0.526. The van der Waals surface area contributed by atoms with Gasteiger partial charge in [-0.05, 0) is 25.1 Å². The van der Waals surface area contributed by atoms with Crippen LogP contribution in [0.5, 0.6) is 0 Å². The van der Waals surface area contributed by atoms with Crippen LogP contribution >= 0.6 is 11.6 Å². The molecule has 0 saturated carbocycles. The van der Waals surface area contributed by atoms with Gasteiger partial charge in [-0.15, -0.1) is 0 Å². The fourth-order valence-corrected chi connectivity index (χ4v) is 2.05. The monoisotopic (exact) mass is 294 g/mol. The molecule has 7 heteroatoms. The summed E-state index contributed by atoms with van der Waals surface area (Å²) in [4.78, 5) is 12.0. The summed E-state index contributed by atoms with van der Waals surface area (Å²) in [7, 11) is 1.72. The number of carbonyl (C=O) groups excluding carboxylic acids is 1. The van der Waals surface area contributed by atoms with Crippen LogP contribution in [0.2, 0.25) is 5.15 Å². The molecule has 0 aliphatic heterocycles. The molecule has 0 aliphatic rings. The highest BCUT2D eigenvalue weighted by molar-refractivity contribution is 6.30. The van der Waals surface area contributed by atoms with Crippen LogP contribution < -0.4 is 11.5 Å². The fraction of sp³-hybridized carbons (Fsp3) is 0.231. The summed E-state index contributed by atoms with van der Waals surface area (Å²) < 4.78 is 6.74. The van der Waals surface area contributed by atoms with Gasteiger partial charge in [-0.1, -0.05) is 11.6 Å². The first-order valence-corrected chi connectivity index (χ1v) is 6.28. The highest BCUT2D eigenvalue weighted by Crippen LogP contribution is 2.21. The number of halogens is 1. The largest absolute Gasteiger partial charge is 0.457 e. The molecule has 20 heavy (non-hydrogen) atoms. The van der Waals surface area contributed by atoms with Crippen LogP contribution in [0.4, 0.5) is 11.4 Å². The molecular weight excluding hydrogens is 280 g/mol. The number of nitrogen functional groups attached to an aromatic ring is 2. The highest BCUT2D eigenvalue weighted by Gasteiger charge is 2.16. The predicted molar refractivity (Wildman–Crippen MR) is 77.3 cm³/mol. The molecular formula is C13H15ClN4O2. The summed E-state index contributed by atoms with van der Waals surface area (Å²) in [6, 6.07) is 4.64. The Morgan fingerprint density at radius 1 is 1.45 bits per heavy atom. The smallest absolute Gasteiger partial charge is 0.340 e. The molecule has 0 saturated heterocycles. The summed E-state index contributed by atoms with van der Waals surface area (Å²) in [5, 5.41) is 4.59. The Hall–Kier alpha value is -2.21. The molecule has 0 atom stereocenters. The van der Waals surface area contributed by atoms with E-state index in [4.69, 9.17) is 27.8 Å². The molecule has 6 nitrogen and oxygen atoms in total. The van der Waals surface area contributed by atoms with E-state index in [-0.39, 0.29) is 17.9 Å². The molecule has 2 aromatic rings. The van der Waals surface area contributed by atoms with Crippen LogP contribution in [-0.2, 0) is 18.4 Å². The lowest BCUT2D eigenvalue weighted by atomic mass is 10.1. The number of hydrogen-bond donors (Lipinski definition) is 2. The minimum atomic E-state index is -0.526. The van der Waals surface area contributed by atoms with Crippen molar-refractivity contribution in [1.29, 1.82) is 0 Å². The first-order valence-electron chi connectivity index (χ1n) is 5.90. The van der Waals surface area contributed by atoms with Gasteiger partial charge < -0.3 is 16.2 Å². The molecule has 1 aromatic carbocycles. The SMILES string of the molecule is Cc1nn(C)c(Cl)c1COC(=O)c1ccc(N)cc1N. The normalized spacial score (nSPS) is 10.6. The minimum Gasteiger partial charge on any atom is -0.457 e. The number of nitrogens with two attached hydrogens (primary N) is 2. The van der Waals surface area contributed by atoms with Crippen LogP contribution in [0.25, 0.3) is 0 Å². The van der Waals surface area contributed by atoms with Crippen LogP contribution in [-0.4, -0.2) is 15.7 Å². The van der Waals surface area contributed by atoms with Crippen molar-refractivity contribution in [2.24, 2.45) is 7.05 Å². The van der Waals surface area contributed by atoms with Gasteiger partial charge >= 0.3 is 5.97 Å². The average Bonchev–Trinajstić information content (AvgIpc) is 2.61. The van der Waals surface area contributed by atoms with Crippen LogP contribution in [0.3, 0.4) is 0 Å². The second-order valence-electron chi connectivity index (χ2n) is 4.40. The number of nitrogens with zero attached hydrogens (tertiary/aromatic N) is 2. The molecule has 2 rings (SSSR count). The van der Waals surface area contributed by atoms with Crippen molar-refractivity contribution < 1.29 is 9.53 Å². The second kappa shape index (κ2) is 5.42. The van der Waals surface area contributed by atoms with Gasteiger partial charge in [0.15, 0.2) is 0 Å². The van der Waals surface area contributed by atoms with Crippen LogP contribution in [0.1, 0.15) is 21.6 Å². The van der Waals surface area contributed by atoms with Gasteiger partial charge in [0, 0.05) is 24.0 Å². The van der Waals surface area contributed by atoms with Crippen LogP contribution in [0.15, 0.2) is 18.2 Å². The Bertz CT molecular complexity index is 667. The topological polar surface area (TPSA) is 96.2 Å². The zero-order valence-electron chi connectivity index (χ0n) is 11.2. The van der Waals surface area contributed by atoms with E-state index in [9.17, 15) is 4.79 Å². The van der Waals surface area contributed by atoms with Gasteiger partial charge in [-0.25, -0.2) is 4.79 Å². The van der Waals surface area contributed by atoms with Crippen molar-refractivity contribution in [3.63, 3.8) is 0 Å². The quantitative estimate of drug-likeness (QED) is 0.666. The summed E-state index contributed by atoms with van der Waals surface area (Å²) in [6.07, 6.45) is 0. The van der Waals surface area contributed by atoms with Gasteiger partial charge in [0.2, 0.25) is 0 Å². The number of aromatic nitrogens is 2. The molecule has 1 aromatic heterocycles. The molecule has 0 bridgehead atoms. The molecule has 0 fully saturated rings. The molecule has 0 aliphatic carbocycles. The Kier molecular flexibility index (Phi) is 3.85. The number of esters is 1. The number of carbonyl (C=O) groups is 1. The van der Waals surface area contributed by atoms with Crippen molar-refractivity contribution in [1.82, 2.24) is 9.78 Å². The molecule has 0 amide bonds. The van der Waals surface area contributed by atoms with E-state index in [0.717, 1.165) is 5.69 Å². The van der Waals surface area contributed by atoms with Crippen molar-refractivity contribution in [2.45, 2.75) is 13.5 Å². The van der Waals surface area contributed by atoms with E-state index >= 15 is 0 Å². The maximum atomic E-state index is 12.0. The lowest BCUT2D eigenvalue weighted by Gasteiger charge is -2.07. The lowest BCUT2D eigenvalue weighted by Crippen LogP contribution is -2.09. The zero-order chi connectivity index (χ0) is 14.9. The lowest BCUT2D eigenvalue weighted by molar-refractivity contribution is 0.0473. The van der Waals surface area contributed by atoms with Crippen molar-refractivity contribution in [2.75, 3.05) is 11.5 Å². The number of anilines is 2. The van der Waals surface area contributed by atoms with Crippen LogP contribution in [0, 0.1) is 6.92 Å². The Balaban J connectivity index is 2.12. The standard InChI is InChI=1S/C13H15ClN4O2/c1-7-10(12(14)18(2)17-7)6-20-13(19)9-4-3-8(15)5-11(9)16/h3-5H,6,15-16H2,1-2H3. The number of benzene rings is 1. The second-order valence-corrected chi connectivity index (χ2v) is 4.76. The van der Waals surface area contributed by atoms with Gasteiger partial charge in [-0.2, -0.15) is 5.10 Å². The minimum absolute atomic E-state index is 0.0428. The van der Waals surface area contributed by atoms with E-state index < -0.39 is 5.97 Å². The molecule has 4 N–H and O–H groups in total. The van der Waals surface area contributed by atoms with Crippen molar-refractivity contribution in [3.05, 3.63) is 40.2 Å². The van der Waals surface area contributed by atoms with Crippen molar-refractivity contribution >= 4 is 28.9 Å². The number of aryl methyl sites for hydroxylation is 2. The molecule has 1 heterocycles. The van der Waals surface area contributed by atoms with E-state index in [1.807, 2.05) is 0 Å². The van der Waals surface area contributed by atoms with Gasteiger partial charge in [0.1, 0.15) is 11.8 Å². The number of hydrogen-bond acceptors (Lipinski definition) is 5. The Morgan fingerprint density at radius 2 is 2.15 bits per heavy atom. The third kappa shape index (κ3) is 2.70. The Morgan fingerprint density at radius 3 is 2.70 bits per heavy atom. The average molecular weight is 295 g/mol.